The van der Waals surface area contributed by atoms with E-state index >= 15 is 0 Å². The molecule has 2 heterocycles. The largest absolute Gasteiger partial charge is 0.416 e. The lowest BCUT2D eigenvalue weighted by Gasteiger charge is -2.39. The molecule has 2 fully saturated rings. The quantitative estimate of drug-likeness (QED) is 0.568. The average molecular weight is 507 g/mol. The molecular formula is C24H25F3N4O3S. The van der Waals surface area contributed by atoms with E-state index in [1.807, 2.05) is 24.3 Å². The summed E-state index contributed by atoms with van der Waals surface area (Å²) in [5, 5.41) is 7.95. The molecule has 11 heteroatoms. The average Bonchev–Trinajstić information content (AvgIpc) is 3.60. The molecule has 1 saturated heterocycles. The second-order valence-electron chi connectivity index (χ2n) is 9.26. The summed E-state index contributed by atoms with van der Waals surface area (Å²) < 4.78 is 68.2. The number of nitrogens with one attached hydrogen (secondary N) is 1. The SMILES string of the molecule is CC1CN(S(=O)(=O)c2cc(C3CC3)cc(C(F)(F)F)c2)CCN1C(=O)Cc1[nH]nc2ccccc12. The Morgan fingerprint density at radius 2 is 1.89 bits per heavy atom. The number of rotatable bonds is 5. The topological polar surface area (TPSA) is 86.4 Å². The molecule has 1 amide bonds. The first-order valence-electron chi connectivity index (χ1n) is 11.5. The number of hydrogen-bond donors (Lipinski definition) is 1. The maximum atomic E-state index is 13.5. The highest BCUT2D eigenvalue weighted by Crippen LogP contribution is 2.43. The Morgan fingerprint density at radius 1 is 1.14 bits per heavy atom. The Bertz CT molecular complexity index is 1380. The predicted molar refractivity (Wildman–Crippen MR) is 123 cm³/mol. The molecule has 0 bridgehead atoms. The van der Waals surface area contributed by atoms with Crippen molar-refractivity contribution in [3.8, 4) is 0 Å². The Morgan fingerprint density at radius 3 is 2.57 bits per heavy atom. The van der Waals surface area contributed by atoms with E-state index in [2.05, 4.69) is 10.2 Å². The molecule has 0 radical (unpaired) electrons. The van der Waals surface area contributed by atoms with Crippen LogP contribution in [0.25, 0.3) is 10.9 Å². The number of hydrogen-bond acceptors (Lipinski definition) is 4. The number of carbonyl (C=O) groups is 1. The molecule has 1 aromatic heterocycles. The van der Waals surface area contributed by atoms with Gasteiger partial charge in [-0.15, -0.1) is 0 Å². The number of aromatic nitrogens is 2. The lowest BCUT2D eigenvalue weighted by Crippen LogP contribution is -2.55. The number of carbonyl (C=O) groups excluding carboxylic acids is 1. The molecule has 3 aromatic rings. The van der Waals surface area contributed by atoms with Crippen LogP contribution in [0.15, 0.2) is 47.4 Å². The molecule has 0 spiro atoms. The molecule has 1 unspecified atom stereocenters. The molecule has 1 saturated carbocycles. The summed E-state index contributed by atoms with van der Waals surface area (Å²) >= 11 is 0. The summed E-state index contributed by atoms with van der Waals surface area (Å²) in [4.78, 5) is 14.3. The Hall–Kier alpha value is -2.92. The maximum Gasteiger partial charge on any atom is 0.416 e. The minimum absolute atomic E-state index is 0.00675. The van der Waals surface area contributed by atoms with Gasteiger partial charge in [-0.05, 0) is 55.5 Å². The van der Waals surface area contributed by atoms with Crippen LogP contribution in [0.1, 0.15) is 42.5 Å². The van der Waals surface area contributed by atoms with Crippen molar-refractivity contribution in [2.75, 3.05) is 19.6 Å². The molecule has 1 aliphatic carbocycles. The van der Waals surface area contributed by atoms with Crippen molar-refractivity contribution in [3.63, 3.8) is 0 Å². The highest BCUT2D eigenvalue weighted by Gasteiger charge is 2.38. The summed E-state index contributed by atoms with van der Waals surface area (Å²) in [6.07, 6.45) is -3.03. The van der Waals surface area contributed by atoms with Gasteiger partial charge in [0.15, 0.2) is 0 Å². The van der Waals surface area contributed by atoms with E-state index in [-0.39, 0.29) is 42.8 Å². The summed E-state index contributed by atoms with van der Waals surface area (Å²) in [7, 11) is -4.15. The Balaban J connectivity index is 1.33. The molecule has 5 rings (SSSR count). The minimum atomic E-state index is -4.63. The third-order valence-electron chi connectivity index (χ3n) is 6.72. The van der Waals surface area contributed by atoms with Crippen molar-refractivity contribution in [1.29, 1.82) is 0 Å². The zero-order valence-corrected chi connectivity index (χ0v) is 19.9. The van der Waals surface area contributed by atoms with Crippen molar-refractivity contribution >= 4 is 26.8 Å². The van der Waals surface area contributed by atoms with Gasteiger partial charge in [0.25, 0.3) is 0 Å². The van der Waals surface area contributed by atoms with Gasteiger partial charge < -0.3 is 4.90 Å². The van der Waals surface area contributed by atoms with Crippen LogP contribution in [0, 0.1) is 0 Å². The van der Waals surface area contributed by atoms with Crippen LogP contribution in [-0.2, 0) is 27.4 Å². The zero-order chi connectivity index (χ0) is 25.0. The number of fused-ring (bicyclic) bond motifs is 1. The first-order valence-corrected chi connectivity index (χ1v) is 12.9. The first kappa shape index (κ1) is 23.8. The number of benzene rings is 2. The normalized spacial score (nSPS) is 19.9. The van der Waals surface area contributed by atoms with Crippen LogP contribution in [0.3, 0.4) is 0 Å². The second-order valence-corrected chi connectivity index (χ2v) is 11.2. The number of amides is 1. The highest BCUT2D eigenvalue weighted by molar-refractivity contribution is 7.89. The molecule has 7 nitrogen and oxygen atoms in total. The van der Waals surface area contributed by atoms with Crippen molar-refractivity contribution in [1.82, 2.24) is 19.4 Å². The van der Waals surface area contributed by atoms with Crippen molar-refractivity contribution in [2.45, 2.75) is 49.2 Å². The number of alkyl halides is 3. The maximum absolute atomic E-state index is 13.5. The summed E-state index contributed by atoms with van der Waals surface area (Å²) in [6.45, 7) is 1.91. The van der Waals surface area contributed by atoms with Gasteiger partial charge in [0.1, 0.15) is 0 Å². The predicted octanol–water partition coefficient (Wildman–Crippen LogP) is 3.92. The smallest absolute Gasteiger partial charge is 0.337 e. The third-order valence-corrected chi connectivity index (χ3v) is 8.56. The molecule has 2 aromatic carbocycles. The molecule has 1 atom stereocenters. The summed E-state index contributed by atoms with van der Waals surface area (Å²) in [6, 6.07) is 10.1. The Kier molecular flexibility index (Phi) is 5.87. The number of nitrogens with zero attached hydrogens (tertiary/aromatic N) is 3. The van der Waals surface area contributed by atoms with Gasteiger partial charge in [0.05, 0.1) is 28.1 Å². The minimum Gasteiger partial charge on any atom is -0.337 e. The molecule has 35 heavy (non-hydrogen) atoms. The van der Waals surface area contributed by atoms with E-state index in [0.717, 1.165) is 29.8 Å². The van der Waals surface area contributed by atoms with Gasteiger partial charge in [0, 0.05) is 31.1 Å². The van der Waals surface area contributed by atoms with Crippen LogP contribution in [0.4, 0.5) is 13.2 Å². The number of para-hydroxylation sites is 1. The van der Waals surface area contributed by atoms with Gasteiger partial charge in [-0.25, -0.2) is 8.42 Å². The number of sulfonamides is 1. The van der Waals surface area contributed by atoms with Crippen LogP contribution in [0.2, 0.25) is 0 Å². The summed E-state index contributed by atoms with van der Waals surface area (Å²) in [5.41, 5.74) is 0.900. The van der Waals surface area contributed by atoms with E-state index in [1.165, 1.54) is 10.4 Å². The van der Waals surface area contributed by atoms with Crippen molar-refractivity contribution < 1.29 is 26.4 Å². The fourth-order valence-corrected chi connectivity index (χ4v) is 6.24. The molecule has 186 valence electrons. The van der Waals surface area contributed by atoms with Gasteiger partial charge in [-0.1, -0.05) is 18.2 Å². The fourth-order valence-electron chi connectivity index (χ4n) is 4.65. The summed E-state index contributed by atoms with van der Waals surface area (Å²) in [5.74, 6) is -0.197. The standard InChI is InChI=1S/C24H25F3N4O3S/c1-15-14-30(8-9-31(15)23(32)13-22-20-4-2-3-5-21(20)28-29-22)35(33,34)19-11-17(16-6-7-16)10-18(12-19)24(25,26)27/h2-5,10-12,15-16H,6-9,13-14H2,1H3,(H,28,29). The number of H-pyrrole nitrogens is 1. The second kappa shape index (κ2) is 8.63. The highest BCUT2D eigenvalue weighted by atomic mass is 32.2. The molecule has 1 aliphatic heterocycles. The monoisotopic (exact) mass is 506 g/mol. The number of piperazine rings is 1. The van der Waals surface area contributed by atoms with Gasteiger partial charge in [-0.2, -0.15) is 22.6 Å². The lowest BCUT2D eigenvalue weighted by molar-refractivity contribution is -0.138. The van der Waals surface area contributed by atoms with E-state index in [9.17, 15) is 26.4 Å². The lowest BCUT2D eigenvalue weighted by atomic mass is 10.1. The van der Waals surface area contributed by atoms with Crippen molar-refractivity contribution in [3.05, 3.63) is 59.3 Å². The first-order chi connectivity index (χ1) is 16.5. The zero-order valence-electron chi connectivity index (χ0n) is 19.0. The van der Waals surface area contributed by atoms with Crippen LogP contribution in [-0.4, -0.2) is 59.4 Å². The van der Waals surface area contributed by atoms with Gasteiger partial charge in [0.2, 0.25) is 15.9 Å². The molecule has 1 N–H and O–H groups in total. The van der Waals surface area contributed by atoms with Crippen LogP contribution >= 0.6 is 0 Å². The van der Waals surface area contributed by atoms with Gasteiger partial charge >= 0.3 is 6.18 Å². The van der Waals surface area contributed by atoms with E-state index in [0.29, 0.717) is 17.3 Å². The van der Waals surface area contributed by atoms with E-state index in [4.69, 9.17) is 0 Å². The van der Waals surface area contributed by atoms with E-state index < -0.39 is 27.8 Å². The van der Waals surface area contributed by atoms with Crippen molar-refractivity contribution in [2.24, 2.45) is 0 Å². The van der Waals surface area contributed by atoms with Crippen LogP contribution < -0.4 is 0 Å². The molecular weight excluding hydrogens is 481 g/mol. The molecule has 2 aliphatic rings. The third kappa shape index (κ3) is 4.66. The number of aromatic amines is 1. The van der Waals surface area contributed by atoms with Gasteiger partial charge in [-0.3, -0.25) is 9.89 Å². The Labute approximate surface area is 201 Å². The van der Waals surface area contributed by atoms with Crippen LogP contribution in [0.5, 0.6) is 0 Å². The number of halogens is 3. The van der Waals surface area contributed by atoms with E-state index in [1.54, 1.807) is 11.8 Å². The fraction of sp³-hybridized carbons (Fsp3) is 0.417.